The molecule has 280 valence electrons. The molecule has 0 atom stereocenters. The van der Waals surface area contributed by atoms with Gasteiger partial charge in [0.05, 0.1) is 38.8 Å². The van der Waals surface area contributed by atoms with Gasteiger partial charge < -0.3 is 5.11 Å². The fourth-order valence-electron chi connectivity index (χ4n) is 7.93. The largest absolute Gasteiger partial charge is 0.511 e. The molecule has 9 aromatic rings. The Bertz CT molecular complexity index is 2990. The van der Waals surface area contributed by atoms with Crippen molar-refractivity contribution < 1.29 is 9.67 Å². The van der Waals surface area contributed by atoms with Gasteiger partial charge in [0.15, 0.2) is 0 Å². The summed E-state index contributed by atoms with van der Waals surface area (Å²) in [7, 11) is 0. The van der Waals surface area contributed by atoms with E-state index in [4.69, 9.17) is 9.97 Å². The Labute approximate surface area is 328 Å². The monoisotopic (exact) mass is 736 g/mol. The van der Waals surface area contributed by atoms with Crippen LogP contribution in [0.5, 0.6) is 5.75 Å². The van der Waals surface area contributed by atoms with Crippen LogP contribution in [0.4, 0.5) is 0 Å². The number of aromatic nitrogens is 6. The number of nitrogens with zero attached hydrogens (tertiary/aromatic N) is 6. The fourth-order valence-corrected chi connectivity index (χ4v) is 7.93. The lowest BCUT2D eigenvalue weighted by Gasteiger charge is -2.27. The molecular weight excluding hydrogens is 689 g/mol. The third kappa shape index (κ3) is 5.67. The van der Waals surface area contributed by atoms with E-state index in [1.807, 2.05) is 22.9 Å². The van der Waals surface area contributed by atoms with Gasteiger partial charge in [-0.2, -0.15) is 0 Å². The number of hydrogen-bond acceptors (Lipinski definition) is 3. The Balaban J connectivity index is 1.28. The number of hydrogen-bond donors (Lipinski definition) is 1. The van der Waals surface area contributed by atoms with E-state index in [9.17, 15) is 5.11 Å². The number of phenolic OH excluding ortho intramolecular Hbond substituents is 1. The lowest BCUT2D eigenvalue weighted by molar-refractivity contribution is -0.571. The van der Waals surface area contributed by atoms with E-state index in [0.29, 0.717) is 0 Å². The predicted molar refractivity (Wildman–Crippen MR) is 228 cm³/mol. The molecule has 0 unspecified atom stereocenters. The smallest absolute Gasteiger partial charge is 0.269 e. The highest BCUT2D eigenvalue weighted by Gasteiger charge is 2.28. The summed E-state index contributed by atoms with van der Waals surface area (Å²) in [5.41, 5.74) is 12.6. The molecule has 9 rings (SSSR count). The average Bonchev–Trinajstić information content (AvgIpc) is 3.82. The molecule has 0 fully saturated rings. The molecule has 0 spiro atoms. The normalized spacial score (nSPS) is 12.8. The van der Waals surface area contributed by atoms with Crippen molar-refractivity contribution in [3.63, 3.8) is 0 Å². The molecule has 0 radical (unpaired) electrons. The predicted octanol–water partition coefficient (Wildman–Crippen LogP) is 11.1. The molecule has 0 aliphatic rings. The zero-order valence-electron chi connectivity index (χ0n) is 33.7. The Kier molecular flexibility index (Phi) is 7.86. The van der Waals surface area contributed by atoms with Gasteiger partial charge in [0, 0.05) is 6.20 Å². The van der Waals surface area contributed by atoms with Gasteiger partial charge in [0.1, 0.15) is 17.3 Å². The van der Waals surface area contributed by atoms with Gasteiger partial charge in [0.25, 0.3) is 6.33 Å². The summed E-state index contributed by atoms with van der Waals surface area (Å²) in [6, 6.07) is 40.3. The molecule has 5 aromatic carbocycles. The van der Waals surface area contributed by atoms with E-state index in [-0.39, 0.29) is 22.0 Å². The van der Waals surface area contributed by atoms with Crippen molar-refractivity contribution in [2.75, 3.05) is 0 Å². The highest BCUT2D eigenvalue weighted by atomic mass is 16.3. The van der Waals surface area contributed by atoms with Crippen LogP contribution in [0.2, 0.25) is 0 Å². The molecule has 0 aliphatic heterocycles. The fraction of sp³-hybridized carbons (Fsp3) is 0.245. The highest BCUT2D eigenvalue weighted by Crippen LogP contribution is 2.41. The quantitative estimate of drug-likeness (QED) is 0.145. The lowest BCUT2D eigenvalue weighted by Crippen LogP contribution is -2.30. The zero-order valence-corrected chi connectivity index (χ0v) is 33.7. The van der Waals surface area contributed by atoms with Gasteiger partial charge in [-0.1, -0.05) is 129 Å². The van der Waals surface area contributed by atoms with Crippen LogP contribution >= 0.6 is 0 Å². The van der Waals surface area contributed by atoms with E-state index in [1.54, 1.807) is 0 Å². The molecule has 7 nitrogen and oxygen atoms in total. The van der Waals surface area contributed by atoms with Crippen LogP contribution in [0.15, 0.2) is 121 Å². The maximum Gasteiger partial charge on any atom is 0.269 e. The summed E-state index contributed by atoms with van der Waals surface area (Å²) < 4.78 is 8.59. The van der Waals surface area contributed by atoms with Gasteiger partial charge in [-0.05, 0) is 92.6 Å². The van der Waals surface area contributed by atoms with Crippen molar-refractivity contribution in [3.8, 4) is 34.1 Å². The molecule has 0 bridgehead atoms. The Morgan fingerprint density at radius 1 is 0.625 bits per heavy atom. The van der Waals surface area contributed by atoms with Crippen LogP contribution in [-0.4, -0.2) is 28.6 Å². The highest BCUT2D eigenvalue weighted by molar-refractivity contribution is 5.94. The van der Waals surface area contributed by atoms with E-state index < -0.39 is 0 Å². The number of aromatic hydroxyl groups is 1. The molecule has 7 heteroatoms. The number of pyridine rings is 1. The molecule has 4 heterocycles. The second kappa shape index (κ2) is 12.4. The van der Waals surface area contributed by atoms with Crippen LogP contribution in [0, 0.1) is 6.33 Å². The van der Waals surface area contributed by atoms with Crippen LogP contribution < -0.4 is 4.57 Å². The van der Waals surface area contributed by atoms with Crippen LogP contribution in [-0.2, 0) is 16.2 Å². The number of benzene rings is 5. The summed E-state index contributed by atoms with van der Waals surface area (Å²) in [4.78, 5) is 10.1. The van der Waals surface area contributed by atoms with Crippen LogP contribution in [0.25, 0.3) is 67.2 Å². The first-order chi connectivity index (χ1) is 26.6. The molecule has 0 saturated heterocycles. The number of phenols is 1. The minimum Gasteiger partial charge on any atom is -0.511 e. The van der Waals surface area contributed by atoms with Crippen molar-refractivity contribution in [2.45, 2.75) is 78.6 Å². The number of para-hydroxylation sites is 5. The van der Waals surface area contributed by atoms with E-state index in [1.165, 1.54) is 5.56 Å². The zero-order chi connectivity index (χ0) is 39.3. The van der Waals surface area contributed by atoms with Gasteiger partial charge in [-0.3, -0.25) is 18.1 Å². The minimum absolute atomic E-state index is 0.0484. The molecular formula is C49H48N6O. The van der Waals surface area contributed by atoms with Gasteiger partial charge in [-0.25, -0.2) is 9.97 Å². The molecule has 56 heavy (non-hydrogen) atoms. The number of fused-ring (bicyclic) bond motifs is 6. The summed E-state index contributed by atoms with van der Waals surface area (Å²) in [6.07, 6.45) is 5.61. The molecule has 1 N–H and O–H groups in total. The maximum atomic E-state index is 12.0. The summed E-state index contributed by atoms with van der Waals surface area (Å²) in [6.45, 7) is 19.8. The van der Waals surface area contributed by atoms with Crippen molar-refractivity contribution >= 4 is 38.9 Å². The van der Waals surface area contributed by atoms with Crippen LogP contribution in [0.3, 0.4) is 0 Å². The molecule has 0 aliphatic carbocycles. The first kappa shape index (κ1) is 35.5. The summed E-state index contributed by atoms with van der Waals surface area (Å²) >= 11 is 0. The molecule has 4 aromatic heterocycles. The summed E-state index contributed by atoms with van der Waals surface area (Å²) in [5, 5.41) is 12.0. The SMILES string of the molecule is CC(C)(C)c1ccnc(-n2c3cc(-c4ccccc4-[n+]4[c-]n(-c5cc(C(C)(C)C)cc(C(C)(C)C)c5O)c5ccccc54)ccc3n3c4ccccc4nc23)c1. The second-order valence-electron chi connectivity index (χ2n) is 18.1. The second-order valence-corrected chi connectivity index (χ2v) is 18.1. The van der Waals surface area contributed by atoms with E-state index >= 15 is 0 Å². The Morgan fingerprint density at radius 2 is 1.32 bits per heavy atom. The molecule has 0 saturated carbocycles. The van der Waals surface area contributed by atoms with Crippen molar-refractivity contribution in [1.29, 1.82) is 0 Å². The van der Waals surface area contributed by atoms with E-state index in [0.717, 1.165) is 78.3 Å². The average molecular weight is 737 g/mol. The van der Waals surface area contributed by atoms with Gasteiger partial charge >= 0.3 is 0 Å². The standard InChI is InChI=1S/C49H48N6O/c1-47(2,3)32-24-25-50-44(29-32)55-42-26-31(22-23-41(42)54-38-19-13-11-17-36(38)51-46(54)55)34-16-10-12-18-37(34)52-30-53(40-21-15-14-20-39(40)52)43-28-33(48(4,5)6)27-35(45(43)56)49(7,8)9/h10-29,56H,1-9H3. The van der Waals surface area contributed by atoms with Crippen LogP contribution in [0.1, 0.15) is 79.0 Å². The summed E-state index contributed by atoms with van der Waals surface area (Å²) in [5.74, 6) is 1.93. The first-order valence-electron chi connectivity index (χ1n) is 19.4. The number of imidazole rings is 3. The third-order valence-electron chi connectivity index (χ3n) is 11.1. The Morgan fingerprint density at radius 3 is 2.07 bits per heavy atom. The topological polar surface area (TPSA) is 64.2 Å². The minimum atomic E-state index is -0.265. The third-order valence-corrected chi connectivity index (χ3v) is 11.1. The van der Waals surface area contributed by atoms with Crippen molar-refractivity contribution in [2.24, 2.45) is 0 Å². The van der Waals surface area contributed by atoms with Gasteiger partial charge in [-0.15, -0.1) is 0 Å². The lowest BCUT2D eigenvalue weighted by atomic mass is 9.79. The van der Waals surface area contributed by atoms with Gasteiger partial charge in [0.2, 0.25) is 5.78 Å². The van der Waals surface area contributed by atoms with E-state index in [2.05, 4.69) is 185 Å². The Hall–Kier alpha value is -6.21. The first-order valence-corrected chi connectivity index (χ1v) is 19.4. The van der Waals surface area contributed by atoms with Crippen molar-refractivity contribution in [3.05, 3.63) is 144 Å². The molecule has 0 amide bonds. The number of rotatable bonds is 4. The van der Waals surface area contributed by atoms with Crippen molar-refractivity contribution in [1.82, 2.24) is 23.5 Å². The maximum absolute atomic E-state index is 12.0.